The summed E-state index contributed by atoms with van der Waals surface area (Å²) in [5, 5.41) is 96.2. The third-order valence-corrected chi connectivity index (χ3v) is 21.7. The van der Waals surface area contributed by atoms with Crippen LogP contribution >= 0.6 is 0 Å². The second-order valence-electron chi connectivity index (χ2n) is 32.5. The molecule has 0 spiro atoms. The Balaban J connectivity index is 0.000000193. The van der Waals surface area contributed by atoms with Crippen LogP contribution in [0.4, 0.5) is 0 Å². The van der Waals surface area contributed by atoms with E-state index in [1.165, 1.54) is 19.6 Å². The number of benzene rings is 8. The lowest BCUT2D eigenvalue weighted by molar-refractivity contribution is -0.153. The topological polar surface area (TPSA) is 448 Å². The van der Waals surface area contributed by atoms with Crippen molar-refractivity contribution in [1.29, 1.82) is 0 Å². The average Bonchev–Trinajstić information content (AvgIpc) is 1.45. The number of nitrogens with one attached hydrogen (secondary N) is 4. The van der Waals surface area contributed by atoms with Crippen LogP contribution in [0.25, 0.3) is 90.1 Å². The summed E-state index contributed by atoms with van der Waals surface area (Å²) in [5.74, 6) is -3.14. The number of tetrazole rings is 4. The SMILES string of the molecule is CCCCC(=O)N(Cc1ccc(-c2ccccc2-c2nn[nH]n2)cc1)[C@H](C(=O)O)C(C)C.CCCCC(=O)N(Cc1ccc(-c2ccccc2-c2nn[nH]n2)cc1)[C@H](C(=O)O)C(C)C.CCCCC(=O)N(Cc1ccc(-c2ccccc2-c2nn[nH]n2)cc1)[C@H](C(=O)O)C(C)C.CCCCC(=O)N(Cc1ccc(-c2ccccc2-c2nn[nH]n2)cc1)[C@H](C(=O)O)C(C)C. The molecule has 8 aromatic carbocycles. The van der Waals surface area contributed by atoms with Crippen molar-refractivity contribution in [2.24, 2.45) is 23.7 Å². The van der Waals surface area contributed by atoms with E-state index in [1.54, 1.807) is 0 Å². The van der Waals surface area contributed by atoms with Gasteiger partial charge >= 0.3 is 23.9 Å². The van der Waals surface area contributed by atoms with Crippen LogP contribution in [-0.4, -0.2) is 194 Å². The normalized spacial score (nSPS) is 12.0. The lowest BCUT2D eigenvalue weighted by atomic mass is 9.97. The van der Waals surface area contributed by atoms with Gasteiger partial charge in [0.05, 0.1) is 0 Å². The fourth-order valence-electron chi connectivity index (χ4n) is 15.1. The standard InChI is InChI=1S/4C24H29N5O3/c4*1-4-5-10-21(30)29(22(16(2)3)24(31)32)15-17-11-13-18(14-12-17)19-8-6-7-9-20(19)23-25-27-28-26-23/h4*6-9,11-14,16,22H,4-5,10,15H2,1-3H3,(H,31,32)(H,25,26,27,28)/t4*22-/m0000/s1. The molecule has 0 aliphatic heterocycles. The van der Waals surface area contributed by atoms with Gasteiger partial charge in [0.2, 0.25) is 46.9 Å². The van der Waals surface area contributed by atoms with Crippen molar-refractivity contribution in [3.05, 3.63) is 216 Å². The summed E-state index contributed by atoms with van der Waals surface area (Å²) in [7, 11) is 0. The summed E-state index contributed by atoms with van der Waals surface area (Å²) in [4.78, 5) is 105. The van der Waals surface area contributed by atoms with E-state index in [2.05, 4.69) is 82.5 Å². The van der Waals surface area contributed by atoms with Crippen molar-refractivity contribution in [3.63, 3.8) is 0 Å². The minimum atomic E-state index is -0.976. The molecule has 672 valence electrons. The molecule has 128 heavy (non-hydrogen) atoms. The van der Waals surface area contributed by atoms with Gasteiger partial charge < -0.3 is 40.0 Å². The van der Waals surface area contributed by atoms with Crippen LogP contribution in [0.15, 0.2) is 194 Å². The Hall–Kier alpha value is -14.2. The molecule has 32 heteroatoms. The number of carbonyl (C=O) groups excluding carboxylic acids is 4. The van der Waals surface area contributed by atoms with Gasteiger partial charge in [-0.1, -0.05) is 303 Å². The molecule has 4 atom stereocenters. The summed E-state index contributed by atoms with van der Waals surface area (Å²) in [6.45, 7) is 23.7. The van der Waals surface area contributed by atoms with Crippen molar-refractivity contribution < 1.29 is 58.8 Å². The van der Waals surface area contributed by atoms with E-state index in [1.807, 2.05) is 277 Å². The van der Waals surface area contributed by atoms with E-state index >= 15 is 0 Å². The number of hydrogen-bond acceptors (Lipinski definition) is 20. The molecular weight excluding hydrogens is 1630 g/mol. The van der Waals surface area contributed by atoms with Gasteiger partial charge in [-0.05, 0) is 137 Å². The third kappa shape index (κ3) is 26.9. The predicted octanol–water partition coefficient (Wildman–Crippen LogP) is 16.6. The number of amides is 4. The molecule has 4 amide bonds. The smallest absolute Gasteiger partial charge is 0.326 e. The molecule has 0 radical (unpaired) electrons. The first-order valence-corrected chi connectivity index (χ1v) is 43.5. The minimum Gasteiger partial charge on any atom is -0.480 e. The van der Waals surface area contributed by atoms with Gasteiger partial charge in [0.25, 0.3) is 0 Å². The number of carboxylic acids is 4. The molecule has 12 rings (SSSR count). The molecule has 0 aliphatic carbocycles. The van der Waals surface area contributed by atoms with Crippen molar-refractivity contribution in [3.8, 4) is 90.1 Å². The zero-order chi connectivity index (χ0) is 92.3. The lowest BCUT2D eigenvalue weighted by Gasteiger charge is -2.32. The van der Waals surface area contributed by atoms with Crippen molar-refractivity contribution in [1.82, 2.24) is 102 Å². The second-order valence-corrected chi connectivity index (χ2v) is 32.5. The number of aromatic nitrogens is 16. The highest BCUT2D eigenvalue weighted by Gasteiger charge is 2.37. The zero-order valence-electron chi connectivity index (χ0n) is 74.6. The van der Waals surface area contributed by atoms with Crippen molar-refractivity contribution >= 4 is 47.5 Å². The van der Waals surface area contributed by atoms with Gasteiger partial charge in [0.1, 0.15) is 24.2 Å². The highest BCUT2D eigenvalue weighted by molar-refractivity contribution is 5.89. The fourth-order valence-corrected chi connectivity index (χ4v) is 15.1. The van der Waals surface area contributed by atoms with Crippen LogP contribution in [-0.2, 0) is 64.5 Å². The van der Waals surface area contributed by atoms with Crippen molar-refractivity contribution in [2.75, 3.05) is 0 Å². The molecule has 0 saturated heterocycles. The Morgan fingerprint density at radius 3 is 0.578 bits per heavy atom. The number of carbonyl (C=O) groups is 8. The molecule has 32 nitrogen and oxygen atoms in total. The molecule has 4 aromatic heterocycles. The molecular formula is C96H116N20O12. The summed E-state index contributed by atoms with van der Waals surface area (Å²) >= 11 is 0. The third-order valence-electron chi connectivity index (χ3n) is 21.7. The number of unbranched alkanes of at least 4 members (excludes halogenated alkanes) is 4. The summed E-state index contributed by atoms with van der Waals surface area (Å²) in [5.41, 5.74) is 14.7. The van der Waals surface area contributed by atoms with Gasteiger partial charge in [0, 0.05) is 74.1 Å². The van der Waals surface area contributed by atoms with Gasteiger partial charge in [0.15, 0.2) is 0 Å². The number of aromatic amines is 4. The number of rotatable bonds is 40. The maximum atomic E-state index is 12.9. The molecule has 4 heterocycles. The number of carboxylic acid groups (broad SMARTS) is 4. The van der Waals surface area contributed by atoms with Crippen LogP contribution in [0.1, 0.15) is 182 Å². The van der Waals surface area contributed by atoms with Crippen LogP contribution in [0.3, 0.4) is 0 Å². The molecule has 0 unspecified atom stereocenters. The maximum absolute atomic E-state index is 12.9. The highest BCUT2D eigenvalue weighted by Crippen LogP contribution is 2.36. The molecule has 0 fully saturated rings. The average molecular weight is 1740 g/mol. The molecule has 0 saturated carbocycles. The molecule has 0 bridgehead atoms. The zero-order valence-corrected chi connectivity index (χ0v) is 74.6. The van der Waals surface area contributed by atoms with Gasteiger partial charge in [-0.25, -0.2) is 19.2 Å². The van der Waals surface area contributed by atoms with E-state index in [4.69, 9.17) is 0 Å². The van der Waals surface area contributed by atoms with Gasteiger partial charge in [-0.15, -0.1) is 40.8 Å². The highest BCUT2D eigenvalue weighted by atomic mass is 16.4. The largest absolute Gasteiger partial charge is 0.480 e. The minimum absolute atomic E-state index is 0.125. The monoisotopic (exact) mass is 1740 g/mol. The summed E-state index contributed by atoms with van der Waals surface area (Å²) < 4.78 is 0. The predicted molar refractivity (Wildman–Crippen MR) is 486 cm³/mol. The molecule has 8 N–H and O–H groups in total. The van der Waals surface area contributed by atoms with Gasteiger partial charge in [-0.2, -0.15) is 20.9 Å². The maximum Gasteiger partial charge on any atom is 0.326 e. The number of hydrogen-bond donors (Lipinski definition) is 8. The Bertz CT molecular complexity index is 4810. The Morgan fingerprint density at radius 1 is 0.266 bits per heavy atom. The van der Waals surface area contributed by atoms with E-state index in [0.717, 1.165) is 140 Å². The van der Waals surface area contributed by atoms with E-state index in [9.17, 15) is 58.8 Å². The molecule has 12 aromatic rings. The van der Waals surface area contributed by atoms with Gasteiger partial charge in [-0.3, -0.25) is 19.2 Å². The number of H-pyrrole nitrogens is 4. The fraction of sp³-hybridized carbons (Fsp3) is 0.375. The Labute approximate surface area is 745 Å². The first-order chi connectivity index (χ1) is 61.7. The van der Waals surface area contributed by atoms with Crippen molar-refractivity contribution in [2.45, 2.75) is 210 Å². The van der Waals surface area contributed by atoms with Crippen LogP contribution in [0.5, 0.6) is 0 Å². The summed E-state index contributed by atoms with van der Waals surface area (Å²) in [6, 6.07) is 58.9. The second kappa shape index (κ2) is 48.9. The summed E-state index contributed by atoms with van der Waals surface area (Å²) in [6.07, 6.45) is 7.90. The quantitative estimate of drug-likeness (QED) is 0.0177. The van der Waals surface area contributed by atoms with Crippen LogP contribution in [0.2, 0.25) is 0 Å². The lowest BCUT2D eigenvalue weighted by Crippen LogP contribution is -2.47. The van der Waals surface area contributed by atoms with E-state index in [0.29, 0.717) is 49.0 Å². The first-order valence-electron chi connectivity index (χ1n) is 43.5. The van der Waals surface area contributed by atoms with E-state index < -0.39 is 48.0 Å². The first kappa shape index (κ1) is 97.6. The number of aliphatic carboxylic acids is 4. The van der Waals surface area contributed by atoms with Crippen LogP contribution in [0, 0.1) is 23.7 Å². The molecule has 0 aliphatic rings. The van der Waals surface area contributed by atoms with Crippen LogP contribution < -0.4 is 0 Å². The van der Waals surface area contributed by atoms with E-state index in [-0.39, 0.29) is 73.5 Å². The Kier molecular flexibility index (Phi) is 37.3. The number of nitrogens with zero attached hydrogens (tertiary/aromatic N) is 16. The Morgan fingerprint density at radius 2 is 0.438 bits per heavy atom.